The van der Waals surface area contributed by atoms with Gasteiger partial charge in [0, 0.05) is 12.1 Å². The number of fused-ring (bicyclic) bond motifs is 1. The molecule has 1 aliphatic rings. The number of anilines is 1. The highest BCUT2D eigenvalue weighted by atomic mass is 32.2. The van der Waals surface area contributed by atoms with Gasteiger partial charge < -0.3 is 5.32 Å². The molecule has 2 aromatic rings. The zero-order valence-electron chi connectivity index (χ0n) is 12.3. The second kappa shape index (κ2) is 5.94. The van der Waals surface area contributed by atoms with E-state index in [-0.39, 0.29) is 10.7 Å². The fraction of sp³-hybridized carbons (Fsp3) is 0.188. The summed E-state index contributed by atoms with van der Waals surface area (Å²) in [5.41, 5.74) is 0.937. The van der Waals surface area contributed by atoms with E-state index < -0.39 is 21.8 Å². The lowest BCUT2D eigenvalue weighted by Gasteiger charge is -2.19. The van der Waals surface area contributed by atoms with Gasteiger partial charge in [0.2, 0.25) is 0 Å². The van der Waals surface area contributed by atoms with Crippen molar-refractivity contribution in [1.29, 1.82) is 0 Å². The molecule has 4 nitrogen and oxygen atoms in total. The summed E-state index contributed by atoms with van der Waals surface area (Å²) in [6.07, 6.45) is -3.45. The summed E-state index contributed by atoms with van der Waals surface area (Å²) in [5.74, 6) is 0.272. The Labute approximate surface area is 137 Å². The Balaban J connectivity index is 1.87. The minimum atomic E-state index is -4.51. The number of hydrogen-bond donors (Lipinski definition) is 1. The van der Waals surface area contributed by atoms with Crippen molar-refractivity contribution in [2.75, 3.05) is 5.32 Å². The first-order valence-electron chi connectivity index (χ1n) is 7.12. The van der Waals surface area contributed by atoms with E-state index in [9.17, 15) is 21.6 Å². The number of para-hydroxylation sites is 1. The van der Waals surface area contributed by atoms with Gasteiger partial charge in [0.1, 0.15) is 5.84 Å². The van der Waals surface area contributed by atoms with Crippen molar-refractivity contribution in [3.63, 3.8) is 0 Å². The SMILES string of the molecule is O=S(=O)(N=C1CCc2ccccc2N1)c1ccc(C(F)(F)F)cc1. The summed E-state index contributed by atoms with van der Waals surface area (Å²) in [4.78, 5) is -0.274. The van der Waals surface area contributed by atoms with Gasteiger partial charge in [-0.3, -0.25) is 0 Å². The Bertz CT molecular complexity index is 888. The summed E-state index contributed by atoms with van der Waals surface area (Å²) >= 11 is 0. The molecule has 1 heterocycles. The average Bonchev–Trinajstić information content (AvgIpc) is 2.54. The number of alkyl halides is 3. The number of hydrogen-bond acceptors (Lipinski definition) is 2. The van der Waals surface area contributed by atoms with Crippen LogP contribution in [-0.4, -0.2) is 14.3 Å². The monoisotopic (exact) mass is 354 g/mol. The maximum absolute atomic E-state index is 12.5. The molecule has 3 rings (SSSR count). The molecule has 1 N–H and O–H groups in total. The van der Waals surface area contributed by atoms with Crippen LogP contribution < -0.4 is 5.32 Å². The van der Waals surface area contributed by atoms with E-state index in [1.807, 2.05) is 24.3 Å². The average molecular weight is 354 g/mol. The topological polar surface area (TPSA) is 58.5 Å². The van der Waals surface area contributed by atoms with Gasteiger partial charge in [0.05, 0.1) is 10.5 Å². The van der Waals surface area contributed by atoms with Crippen LogP contribution in [0.15, 0.2) is 57.8 Å². The molecule has 0 fully saturated rings. The van der Waals surface area contributed by atoms with Crippen LogP contribution >= 0.6 is 0 Å². The van der Waals surface area contributed by atoms with E-state index in [4.69, 9.17) is 0 Å². The molecule has 1 aliphatic heterocycles. The number of halogens is 3. The minimum Gasteiger partial charge on any atom is -0.343 e. The van der Waals surface area contributed by atoms with Crippen molar-refractivity contribution in [1.82, 2.24) is 0 Å². The summed E-state index contributed by atoms with van der Waals surface area (Å²) in [7, 11) is -4.07. The third-order valence-corrected chi connectivity index (χ3v) is 4.97. The molecule has 0 saturated heterocycles. The lowest BCUT2D eigenvalue weighted by molar-refractivity contribution is -0.137. The molecule has 8 heteroatoms. The molecule has 0 spiro atoms. The molecule has 0 unspecified atom stereocenters. The van der Waals surface area contributed by atoms with Crippen molar-refractivity contribution < 1.29 is 21.6 Å². The van der Waals surface area contributed by atoms with Crippen LogP contribution in [0.1, 0.15) is 17.5 Å². The molecule has 126 valence electrons. The number of nitrogens with zero attached hydrogens (tertiary/aromatic N) is 1. The fourth-order valence-electron chi connectivity index (χ4n) is 2.41. The Morgan fingerprint density at radius 2 is 1.62 bits per heavy atom. The summed E-state index contributed by atoms with van der Waals surface area (Å²) in [5, 5.41) is 2.95. The van der Waals surface area contributed by atoms with E-state index in [0.29, 0.717) is 12.8 Å². The lowest BCUT2D eigenvalue weighted by Crippen LogP contribution is -2.21. The van der Waals surface area contributed by atoms with Crippen LogP contribution in [0.5, 0.6) is 0 Å². The van der Waals surface area contributed by atoms with Crippen molar-refractivity contribution in [2.24, 2.45) is 4.40 Å². The Morgan fingerprint density at radius 1 is 0.958 bits per heavy atom. The van der Waals surface area contributed by atoms with Crippen LogP contribution in [0.25, 0.3) is 0 Å². The third-order valence-electron chi connectivity index (χ3n) is 3.64. The minimum absolute atomic E-state index is 0.272. The Morgan fingerprint density at radius 3 is 2.29 bits per heavy atom. The summed E-state index contributed by atoms with van der Waals surface area (Å²) < 4.78 is 65.9. The van der Waals surface area contributed by atoms with Crippen molar-refractivity contribution in [2.45, 2.75) is 23.9 Å². The fourth-order valence-corrected chi connectivity index (χ4v) is 3.43. The third kappa shape index (κ3) is 3.43. The summed E-state index contributed by atoms with van der Waals surface area (Å²) in [6, 6.07) is 10.8. The van der Waals surface area contributed by atoms with E-state index in [1.54, 1.807) is 0 Å². The number of aryl methyl sites for hydroxylation is 1. The molecule has 0 atom stereocenters. The molecule has 0 saturated carbocycles. The largest absolute Gasteiger partial charge is 0.416 e. The van der Waals surface area contributed by atoms with Crippen LogP contribution in [0, 0.1) is 0 Å². The van der Waals surface area contributed by atoms with Gasteiger partial charge in [-0.2, -0.15) is 21.6 Å². The maximum atomic E-state index is 12.5. The predicted molar refractivity (Wildman–Crippen MR) is 84.5 cm³/mol. The predicted octanol–water partition coefficient (Wildman–Crippen LogP) is 3.85. The van der Waals surface area contributed by atoms with Gasteiger partial charge in [-0.15, -0.1) is 4.40 Å². The molecule has 2 aromatic carbocycles. The zero-order chi connectivity index (χ0) is 17.4. The Hall–Kier alpha value is -2.35. The number of nitrogens with one attached hydrogen (secondary N) is 1. The standard InChI is InChI=1S/C16H13F3N2O2S/c17-16(18,19)12-6-8-13(9-7-12)24(22,23)21-15-10-5-11-3-1-2-4-14(11)20-15/h1-4,6-9H,5,10H2,(H,20,21). The van der Waals surface area contributed by atoms with Gasteiger partial charge in [-0.05, 0) is 42.3 Å². The van der Waals surface area contributed by atoms with Crippen molar-refractivity contribution in [3.8, 4) is 0 Å². The second-order valence-corrected chi connectivity index (χ2v) is 6.92. The van der Waals surface area contributed by atoms with Crippen molar-refractivity contribution >= 4 is 21.5 Å². The van der Waals surface area contributed by atoms with Crippen LogP contribution in [0.2, 0.25) is 0 Å². The normalized spacial score (nSPS) is 16.5. The van der Waals surface area contributed by atoms with E-state index in [2.05, 4.69) is 9.71 Å². The molecular formula is C16H13F3N2O2S. The first kappa shape index (κ1) is 16.5. The van der Waals surface area contributed by atoms with Crippen molar-refractivity contribution in [3.05, 3.63) is 59.7 Å². The highest BCUT2D eigenvalue weighted by molar-refractivity contribution is 7.90. The van der Waals surface area contributed by atoms with Gasteiger partial charge in [0.25, 0.3) is 10.0 Å². The van der Waals surface area contributed by atoms with Crippen LogP contribution in [-0.2, 0) is 22.6 Å². The number of sulfonamides is 1. The van der Waals surface area contributed by atoms with Crippen LogP contribution in [0.3, 0.4) is 0 Å². The quantitative estimate of drug-likeness (QED) is 0.891. The van der Waals surface area contributed by atoms with Gasteiger partial charge >= 0.3 is 6.18 Å². The molecule has 0 aromatic heterocycles. The summed E-state index contributed by atoms with van der Waals surface area (Å²) in [6.45, 7) is 0. The molecule has 24 heavy (non-hydrogen) atoms. The highest BCUT2D eigenvalue weighted by Crippen LogP contribution is 2.30. The van der Waals surface area contributed by atoms with E-state index in [1.165, 1.54) is 0 Å². The first-order valence-corrected chi connectivity index (χ1v) is 8.56. The highest BCUT2D eigenvalue weighted by Gasteiger charge is 2.30. The molecule has 0 bridgehead atoms. The van der Waals surface area contributed by atoms with E-state index in [0.717, 1.165) is 35.5 Å². The van der Waals surface area contributed by atoms with Gasteiger partial charge in [0.15, 0.2) is 0 Å². The molecule has 0 amide bonds. The number of rotatable bonds is 2. The maximum Gasteiger partial charge on any atom is 0.416 e. The number of benzene rings is 2. The number of amidine groups is 1. The first-order chi connectivity index (χ1) is 11.3. The Kier molecular flexibility index (Phi) is 4.08. The molecule has 0 radical (unpaired) electrons. The van der Waals surface area contributed by atoms with Crippen LogP contribution in [0.4, 0.5) is 18.9 Å². The molecule has 0 aliphatic carbocycles. The van der Waals surface area contributed by atoms with E-state index >= 15 is 0 Å². The zero-order valence-corrected chi connectivity index (χ0v) is 13.2. The smallest absolute Gasteiger partial charge is 0.343 e. The van der Waals surface area contributed by atoms with Gasteiger partial charge in [-0.25, -0.2) is 0 Å². The van der Waals surface area contributed by atoms with Gasteiger partial charge in [-0.1, -0.05) is 18.2 Å². The molecular weight excluding hydrogens is 341 g/mol. The second-order valence-electron chi connectivity index (χ2n) is 5.32. The lowest BCUT2D eigenvalue weighted by atomic mass is 10.0.